The highest BCUT2D eigenvalue weighted by Gasteiger charge is 2.32. The molecule has 0 atom stereocenters. The molecule has 0 aliphatic heterocycles. The van der Waals surface area contributed by atoms with Crippen molar-refractivity contribution in [3.05, 3.63) is 72.1 Å². The number of carbonyl (C=O) groups is 1. The molecule has 1 amide bonds. The molecule has 3 aromatic heterocycles. The number of nitrogens with two attached hydrogens (primary N) is 1. The molecular formula is C20H16F3N5O2. The van der Waals surface area contributed by atoms with Crippen LogP contribution in [0.2, 0.25) is 0 Å². The van der Waals surface area contributed by atoms with Gasteiger partial charge in [0.25, 0.3) is 5.91 Å². The minimum absolute atomic E-state index is 0.0243. The van der Waals surface area contributed by atoms with Crippen LogP contribution in [0.5, 0.6) is 0 Å². The second-order valence-electron chi connectivity index (χ2n) is 6.25. The van der Waals surface area contributed by atoms with Gasteiger partial charge in [-0.3, -0.25) is 14.8 Å². The molecule has 0 unspecified atom stereocenters. The summed E-state index contributed by atoms with van der Waals surface area (Å²) < 4.78 is 38.4. The second-order valence-corrected chi connectivity index (χ2v) is 6.25. The molecule has 0 fully saturated rings. The Balaban J connectivity index is 2.14. The zero-order valence-electron chi connectivity index (χ0n) is 15.6. The number of carbonyl (C=O) groups excluding carboxylic acids is 1. The fourth-order valence-electron chi connectivity index (χ4n) is 2.57. The van der Waals surface area contributed by atoms with E-state index in [0.29, 0.717) is 5.56 Å². The summed E-state index contributed by atoms with van der Waals surface area (Å²) in [5, 5.41) is 11.7. The lowest BCUT2D eigenvalue weighted by atomic mass is 10.0. The maximum atomic E-state index is 12.8. The van der Waals surface area contributed by atoms with E-state index >= 15 is 0 Å². The van der Waals surface area contributed by atoms with Gasteiger partial charge in [-0.15, -0.1) is 0 Å². The third kappa shape index (κ3) is 4.54. The number of amides is 1. The molecule has 0 radical (unpaired) electrons. The molecule has 0 saturated carbocycles. The molecule has 3 heterocycles. The Bertz CT molecular complexity index is 1090. The number of halogens is 3. The van der Waals surface area contributed by atoms with E-state index in [1.807, 2.05) is 0 Å². The first-order chi connectivity index (χ1) is 14.2. The summed E-state index contributed by atoms with van der Waals surface area (Å²) >= 11 is 0. The van der Waals surface area contributed by atoms with Gasteiger partial charge in [-0.2, -0.15) is 13.2 Å². The van der Waals surface area contributed by atoms with Crippen LogP contribution in [0.15, 0.2) is 60.9 Å². The average Bonchev–Trinajstić information content (AvgIpc) is 2.72. The number of nitrogen functional groups attached to an aromatic ring is 1. The summed E-state index contributed by atoms with van der Waals surface area (Å²) in [7, 11) is 0. The average molecular weight is 415 g/mol. The van der Waals surface area contributed by atoms with Crippen LogP contribution in [0.1, 0.15) is 23.0 Å². The standard InChI is InChI=1S/C20H16F3N5O2/c1-11(29)8-27-19(30)14-7-15(12-4-5-16(26-10-12)20(21,22)23)28-18(17(14)24)13-3-2-6-25-9-13/h2-10,29H,24H2,1H3,(H,27,30)/b11-8+. The zero-order valence-corrected chi connectivity index (χ0v) is 15.6. The number of allylic oxidation sites excluding steroid dienone is 1. The summed E-state index contributed by atoms with van der Waals surface area (Å²) in [6.07, 6.45) is 0.575. The summed E-state index contributed by atoms with van der Waals surface area (Å²) in [5.74, 6) is -0.759. The number of anilines is 1. The predicted molar refractivity (Wildman–Crippen MR) is 104 cm³/mol. The van der Waals surface area contributed by atoms with E-state index in [1.165, 1.54) is 25.3 Å². The SMILES string of the molecule is C/C(O)=C\NC(=O)c1cc(-c2ccc(C(F)(F)F)nc2)nc(-c2cccnc2)c1N. The quantitative estimate of drug-likeness (QED) is 0.556. The number of alkyl halides is 3. The van der Waals surface area contributed by atoms with E-state index in [9.17, 15) is 23.1 Å². The highest BCUT2D eigenvalue weighted by Crippen LogP contribution is 2.32. The number of rotatable bonds is 4. The summed E-state index contributed by atoms with van der Waals surface area (Å²) in [5.41, 5.74) is 6.38. The Morgan fingerprint density at radius 3 is 2.53 bits per heavy atom. The molecule has 30 heavy (non-hydrogen) atoms. The van der Waals surface area contributed by atoms with Gasteiger partial charge in [-0.05, 0) is 37.3 Å². The Labute approximate surface area is 169 Å². The number of pyridine rings is 3. The first-order valence-corrected chi connectivity index (χ1v) is 8.58. The number of nitrogens with one attached hydrogen (secondary N) is 1. The molecule has 0 bridgehead atoms. The number of hydrogen-bond donors (Lipinski definition) is 3. The van der Waals surface area contributed by atoms with Crippen LogP contribution < -0.4 is 11.1 Å². The molecule has 3 rings (SSSR count). The van der Waals surface area contributed by atoms with Gasteiger partial charge in [0, 0.05) is 35.9 Å². The smallest absolute Gasteiger partial charge is 0.433 e. The normalized spacial score (nSPS) is 11.9. The fraction of sp³-hybridized carbons (Fsp3) is 0.100. The third-order valence-electron chi connectivity index (χ3n) is 4.00. The Morgan fingerprint density at radius 2 is 1.97 bits per heavy atom. The van der Waals surface area contributed by atoms with Crippen LogP contribution in [-0.4, -0.2) is 26.0 Å². The van der Waals surface area contributed by atoms with Crippen molar-refractivity contribution >= 4 is 11.6 Å². The number of aromatic nitrogens is 3. The summed E-state index contributed by atoms with van der Waals surface area (Å²) in [6.45, 7) is 1.37. The van der Waals surface area contributed by atoms with E-state index in [2.05, 4.69) is 20.3 Å². The van der Waals surface area contributed by atoms with Gasteiger partial charge in [-0.1, -0.05) is 0 Å². The molecule has 3 aromatic rings. The lowest BCUT2D eigenvalue weighted by Crippen LogP contribution is -2.20. The van der Waals surface area contributed by atoms with Gasteiger partial charge in [-0.25, -0.2) is 4.98 Å². The molecule has 7 nitrogen and oxygen atoms in total. The highest BCUT2D eigenvalue weighted by molar-refractivity contribution is 6.03. The van der Waals surface area contributed by atoms with E-state index in [1.54, 1.807) is 18.3 Å². The molecule has 0 aliphatic rings. The first-order valence-electron chi connectivity index (χ1n) is 8.58. The van der Waals surface area contributed by atoms with Crippen LogP contribution in [0.4, 0.5) is 18.9 Å². The molecule has 0 spiro atoms. The lowest BCUT2D eigenvalue weighted by Gasteiger charge is -2.13. The van der Waals surface area contributed by atoms with E-state index < -0.39 is 17.8 Å². The van der Waals surface area contributed by atoms with Gasteiger partial charge in [0.15, 0.2) is 0 Å². The van der Waals surface area contributed by atoms with Crippen LogP contribution in [0.3, 0.4) is 0 Å². The monoisotopic (exact) mass is 415 g/mol. The third-order valence-corrected chi connectivity index (χ3v) is 4.00. The predicted octanol–water partition coefficient (Wildman–Crippen LogP) is 3.96. The van der Waals surface area contributed by atoms with E-state index in [4.69, 9.17) is 5.73 Å². The molecule has 10 heteroatoms. The minimum Gasteiger partial charge on any atom is -0.511 e. The Hall–Kier alpha value is -3.95. The molecule has 0 aromatic carbocycles. The molecule has 154 valence electrons. The van der Waals surface area contributed by atoms with Crippen LogP contribution in [0, 0.1) is 0 Å². The maximum Gasteiger partial charge on any atom is 0.433 e. The second kappa shape index (κ2) is 8.19. The maximum absolute atomic E-state index is 12.8. The topological polar surface area (TPSA) is 114 Å². The van der Waals surface area contributed by atoms with Crippen molar-refractivity contribution in [2.24, 2.45) is 0 Å². The largest absolute Gasteiger partial charge is 0.511 e. The lowest BCUT2D eigenvalue weighted by molar-refractivity contribution is -0.141. The van der Waals surface area contributed by atoms with Gasteiger partial charge < -0.3 is 16.2 Å². The Kier molecular flexibility index (Phi) is 5.67. The zero-order chi connectivity index (χ0) is 21.9. The molecule has 0 saturated heterocycles. The van der Waals surface area contributed by atoms with Crippen molar-refractivity contribution in [2.45, 2.75) is 13.1 Å². The van der Waals surface area contributed by atoms with Gasteiger partial charge in [0.1, 0.15) is 11.5 Å². The van der Waals surface area contributed by atoms with Crippen LogP contribution in [-0.2, 0) is 6.18 Å². The van der Waals surface area contributed by atoms with Crippen LogP contribution in [0.25, 0.3) is 22.5 Å². The summed E-state index contributed by atoms with van der Waals surface area (Å²) in [6, 6.07) is 6.71. The first kappa shape index (κ1) is 20.8. The fourth-order valence-corrected chi connectivity index (χ4v) is 2.57. The van der Waals surface area contributed by atoms with Crippen LogP contribution >= 0.6 is 0 Å². The molecule has 0 aliphatic carbocycles. The number of nitrogens with zero attached hydrogens (tertiary/aromatic N) is 3. The van der Waals surface area contributed by atoms with Crippen molar-refractivity contribution in [1.29, 1.82) is 0 Å². The van der Waals surface area contributed by atoms with Crippen molar-refractivity contribution in [3.63, 3.8) is 0 Å². The van der Waals surface area contributed by atoms with Crippen molar-refractivity contribution in [2.75, 3.05) is 5.73 Å². The van der Waals surface area contributed by atoms with Gasteiger partial charge in [0.05, 0.1) is 22.6 Å². The highest BCUT2D eigenvalue weighted by atomic mass is 19.4. The van der Waals surface area contributed by atoms with Crippen molar-refractivity contribution < 1.29 is 23.1 Å². The van der Waals surface area contributed by atoms with Crippen molar-refractivity contribution in [3.8, 4) is 22.5 Å². The van der Waals surface area contributed by atoms with Gasteiger partial charge >= 0.3 is 6.18 Å². The number of hydrogen-bond acceptors (Lipinski definition) is 6. The number of aliphatic hydroxyl groups is 1. The minimum atomic E-state index is -4.58. The van der Waals surface area contributed by atoms with E-state index in [0.717, 1.165) is 18.5 Å². The van der Waals surface area contributed by atoms with Gasteiger partial charge in [0.2, 0.25) is 0 Å². The van der Waals surface area contributed by atoms with Crippen molar-refractivity contribution in [1.82, 2.24) is 20.3 Å². The van der Waals surface area contributed by atoms with E-state index in [-0.39, 0.29) is 34.0 Å². The molecule has 4 N–H and O–H groups in total. The summed E-state index contributed by atoms with van der Waals surface area (Å²) in [4.78, 5) is 24.4. The Morgan fingerprint density at radius 1 is 1.20 bits per heavy atom. The number of aliphatic hydroxyl groups excluding tert-OH is 1. The molecular weight excluding hydrogens is 399 g/mol.